The Morgan fingerprint density at radius 3 is 2.41 bits per heavy atom. The van der Waals surface area contributed by atoms with Gasteiger partial charge in [0.15, 0.2) is 0 Å². The molecule has 3 nitrogen and oxygen atoms in total. The smallest absolute Gasteiger partial charge is 0.228 e. The van der Waals surface area contributed by atoms with Crippen molar-refractivity contribution in [2.45, 2.75) is 40.2 Å². The van der Waals surface area contributed by atoms with Gasteiger partial charge in [-0.3, -0.25) is 9.69 Å². The molecule has 144 valence electrons. The second-order valence-electron chi connectivity index (χ2n) is 7.54. The molecular formula is C22H26Cl2N2O. The molecule has 1 aliphatic rings. The largest absolute Gasteiger partial charge is 0.325 e. The molecule has 1 heterocycles. The minimum Gasteiger partial charge on any atom is -0.325 e. The molecule has 0 saturated carbocycles. The van der Waals surface area contributed by atoms with Crippen molar-refractivity contribution >= 4 is 34.8 Å². The lowest BCUT2D eigenvalue weighted by atomic mass is 9.96. The van der Waals surface area contributed by atoms with Crippen LogP contribution in [0.3, 0.4) is 0 Å². The number of hydrogen-bond donors (Lipinski definition) is 1. The van der Waals surface area contributed by atoms with Gasteiger partial charge in [-0.25, -0.2) is 0 Å². The topological polar surface area (TPSA) is 32.3 Å². The number of likely N-dealkylation sites (tertiary alicyclic amines) is 1. The van der Waals surface area contributed by atoms with E-state index < -0.39 is 0 Å². The van der Waals surface area contributed by atoms with Crippen LogP contribution in [-0.2, 0) is 11.3 Å². The Kier molecular flexibility index (Phi) is 6.46. The van der Waals surface area contributed by atoms with Crippen molar-refractivity contribution in [1.29, 1.82) is 0 Å². The van der Waals surface area contributed by atoms with Gasteiger partial charge in [0.05, 0.1) is 5.92 Å². The predicted molar refractivity (Wildman–Crippen MR) is 114 cm³/mol. The molecule has 0 aliphatic carbocycles. The summed E-state index contributed by atoms with van der Waals surface area (Å²) in [6, 6.07) is 9.79. The second kappa shape index (κ2) is 8.64. The molecule has 1 saturated heterocycles. The molecule has 0 aromatic heterocycles. The second-order valence-corrected chi connectivity index (χ2v) is 8.35. The lowest BCUT2D eigenvalue weighted by Crippen LogP contribution is -2.40. The summed E-state index contributed by atoms with van der Waals surface area (Å²) in [6.07, 6.45) is 1.90. The van der Waals surface area contributed by atoms with Gasteiger partial charge >= 0.3 is 0 Å². The van der Waals surface area contributed by atoms with E-state index in [1.165, 1.54) is 5.56 Å². The highest BCUT2D eigenvalue weighted by Crippen LogP contribution is 2.29. The van der Waals surface area contributed by atoms with Crippen molar-refractivity contribution < 1.29 is 4.79 Å². The zero-order valence-electron chi connectivity index (χ0n) is 16.1. The van der Waals surface area contributed by atoms with E-state index in [0.29, 0.717) is 16.6 Å². The van der Waals surface area contributed by atoms with Crippen LogP contribution < -0.4 is 5.32 Å². The van der Waals surface area contributed by atoms with Gasteiger partial charge in [0.1, 0.15) is 0 Å². The zero-order valence-corrected chi connectivity index (χ0v) is 17.6. The highest BCUT2D eigenvalue weighted by Gasteiger charge is 2.27. The third-order valence-electron chi connectivity index (χ3n) is 5.24. The van der Waals surface area contributed by atoms with Gasteiger partial charge < -0.3 is 5.32 Å². The Hall–Kier alpha value is -1.55. The number of nitrogens with zero attached hydrogens (tertiary/aromatic N) is 1. The summed E-state index contributed by atoms with van der Waals surface area (Å²) in [5.74, 6) is 0.0696. The Balaban J connectivity index is 1.68. The quantitative estimate of drug-likeness (QED) is 0.701. The first-order valence-corrected chi connectivity index (χ1v) is 10.1. The Morgan fingerprint density at radius 1 is 1.15 bits per heavy atom. The summed E-state index contributed by atoms with van der Waals surface area (Å²) >= 11 is 12.6. The van der Waals surface area contributed by atoms with Crippen molar-refractivity contribution in [3.8, 4) is 0 Å². The van der Waals surface area contributed by atoms with Crippen LogP contribution >= 0.6 is 23.2 Å². The van der Waals surface area contributed by atoms with Gasteiger partial charge in [-0.05, 0) is 63.4 Å². The first-order valence-electron chi connectivity index (χ1n) is 9.39. The average Bonchev–Trinajstić information content (AvgIpc) is 2.61. The molecule has 0 radical (unpaired) electrons. The molecule has 1 aliphatic heterocycles. The first kappa shape index (κ1) is 20.2. The number of carbonyl (C=O) groups is 1. The number of hydrogen-bond acceptors (Lipinski definition) is 2. The van der Waals surface area contributed by atoms with Gasteiger partial charge in [0.2, 0.25) is 5.91 Å². The van der Waals surface area contributed by atoms with E-state index >= 15 is 0 Å². The molecule has 1 N–H and O–H groups in total. The standard InChI is InChI=1S/C22H26Cl2N2O/c1-14-10-15(2)21(16(3)11-14)25-22(27)17-6-5-9-26(12-17)13-18-19(23)7-4-8-20(18)24/h4,7-8,10-11,17H,5-6,9,12-13H2,1-3H3,(H,25,27)/t17-/m0/s1. The van der Waals surface area contributed by atoms with Crippen LogP contribution in [0.15, 0.2) is 30.3 Å². The fourth-order valence-corrected chi connectivity index (χ4v) is 4.44. The third-order valence-corrected chi connectivity index (χ3v) is 5.95. The van der Waals surface area contributed by atoms with Crippen LogP contribution in [0.4, 0.5) is 5.69 Å². The van der Waals surface area contributed by atoms with Crippen molar-refractivity contribution in [3.05, 3.63) is 62.6 Å². The average molecular weight is 405 g/mol. The van der Waals surface area contributed by atoms with Crippen LogP contribution in [0.1, 0.15) is 35.1 Å². The number of piperidine rings is 1. The Morgan fingerprint density at radius 2 is 1.78 bits per heavy atom. The van der Waals surface area contributed by atoms with E-state index in [2.05, 4.69) is 29.3 Å². The minimum absolute atomic E-state index is 0.0277. The molecule has 3 rings (SSSR count). The number of nitrogens with one attached hydrogen (secondary N) is 1. The van der Waals surface area contributed by atoms with Gasteiger partial charge in [-0.2, -0.15) is 0 Å². The lowest BCUT2D eigenvalue weighted by Gasteiger charge is -2.32. The summed E-state index contributed by atoms with van der Waals surface area (Å²) in [5.41, 5.74) is 5.31. The molecular weight excluding hydrogens is 379 g/mol. The molecule has 1 atom stereocenters. The maximum Gasteiger partial charge on any atom is 0.228 e. The number of anilines is 1. The van der Waals surface area contributed by atoms with Crippen LogP contribution in [-0.4, -0.2) is 23.9 Å². The van der Waals surface area contributed by atoms with Crippen LogP contribution in [0, 0.1) is 26.7 Å². The Labute approximate surface area is 171 Å². The molecule has 0 unspecified atom stereocenters. The van der Waals surface area contributed by atoms with Gasteiger partial charge in [-0.15, -0.1) is 0 Å². The van der Waals surface area contributed by atoms with Gasteiger partial charge in [-0.1, -0.05) is 47.0 Å². The number of aryl methyl sites for hydroxylation is 3. The maximum absolute atomic E-state index is 12.9. The number of rotatable bonds is 4. The number of amides is 1. The van der Waals surface area contributed by atoms with E-state index in [-0.39, 0.29) is 11.8 Å². The molecule has 2 aromatic carbocycles. The van der Waals surface area contributed by atoms with Crippen molar-refractivity contribution in [1.82, 2.24) is 4.90 Å². The fraction of sp³-hybridized carbons (Fsp3) is 0.409. The maximum atomic E-state index is 12.9. The molecule has 1 fully saturated rings. The molecule has 0 spiro atoms. The molecule has 27 heavy (non-hydrogen) atoms. The SMILES string of the molecule is Cc1cc(C)c(NC(=O)[C@H]2CCCN(Cc3c(Cl)cccc3Cl)C2)c(C)c1. The number of carbonyl (C=O) groups excluding carboxylic acids is 1. The number of halogens is 2. The molecule has 5 heteroatoms. The zero-order chi connectivity index (χ0) is 19.6. The summed E-state index contributed by atoms with van der Waals surface area (Å²) < 4.78 is 0. The number of benzene rings is 2. The van der Waals surface area contributed by atoms with Crippen LogP contribution in [0.5, 0.6) is 0 Å². The highest BCUT2D eigenvalue weighted by molar-refractivity contribution is 6.35. The third kappa shape index (κ3) is 4.84. The summed E-state index contributed by atoms with van der Waals surface area (Å²) in [6.45, 7) is 8.50. The van der Waals surface area contributed by atoms with Gasteiger partial charge in [0, 0.05) is 34.4 Å². The summed E-state index contributed by atoms with van der Waals surface area (Å²) in [4.78, 5) is 15.2. The monoisotopic (exact) mass is 404 g/mol. The lowest BCUT2D eigenvalue weighted by molar-refractivity contribution is -0.121. The molecule has 1 amide bonds. The molecule has 0 bridgehead atoms. The van der Waals surface area contributed by atoms with Crippen molar-refractivity contribution in [3.63, 3.8) is 0 Å². The Bertz CT molecular complexity index is 807. The van der Waals surface area contributed by atoms with Gasteiger partial charge in [0.25, 0.3) is 0 Å². The highest BCUT2D eigenvalue weighted by atomic mass is 35.5. The van der Waals surface area contributed by atoms with E-state index in [9.17, 15) is 4.79 Å². The van der Waals surface area contributed by atoms with Crippen molar-refractivity contribution in [2.75, 3.05) is 18.4 Å². The fourth-order valence-electron chi connectivity index (χ4n) is 3.92. The molecule has 2 aromatic rings. The van der Waals surface area contributed by atoms with Crippen molar-refractivity contribution in [2.24, 2.45) is 5.92 Å². The summed E-state index contributed by atoms with van der Waals surface area (Å²) in [5, 5.41) is 4.53. The predicted octanol–water partition coefficient (Wildman–Crippen LogP) is 5.77. The van der Waals surface area contributed by atoms with E-state index in [1.807, 2.05) is 32.0 Å². The first-order chi connectivity index (χ1) is 12.8. The van der Waals surface area contributed by atoms with Crippen LogP contribution in [0.25, 0.3) is 0 Å². The van der Waals surface area contributed by atoms with E-state index in [1.54, 1.807) is 0 Å². The van der Waals surface area contributed by atoms with E-state index in [0.717, 1.165) is 48.3 Å². The van der Waals surface area contributed by atoms with Crippen LogP contribution in [0.2, 0.25) is 10.0 Å². The summed E-state index contributed by atoms with van der Waals surface area (Å²) in [7, 11) is 0. The minimum atomic E-state index is -0.0277. The normalized spacial score (nSPS) is 17.7. The van der Waals surface area contributed by atoms with E-state index in [4.69, 9.17) is 23.2 Å².